The van der Waals surface area contributed by atoms with Crippen molar-refractivity contribution in [1.82, 2.24) is 0 Å². The first-order chi connectivity index (χ1) is 8.45. The second-order valence-electron chi connectivity index (χ2n) is 3.69. The van der Waals surface area contributed by atoms with E-state index in [2.05, 4.69) is 21.2 Å². The van der Waals surface area contributed by atoms with Crippen LogP contribution in [-0.4, -0.2) is 24.5 Å². The number of benzene rings is 1. The fourth-order valence-corrected chi connectivity index (χ4v) is 1.68. The number of anilines is 1. The van der Waals surface area contributed by atoms with E-state index in [-0.39, 0.29) is 5.91 Å². The number of rotatable bonds is 4. The molecule has 0 fully saturated rings. The van der Waals surface area contributed by atoms with Crippen molar-refractivity contribution in [3.63, 3.8) is 0 Å². The molecule has 0 saturated carbocycles. The third-order valence-electron chi connectivity index (χ3n) is 2.15. The molecule has 0 radical (unpaired) electrons. The molecule has 1 aromatic carbocycles. The summed E-state index contributed by atoms with van der Waals surface area (Å²) in [4.78, 5) is 22.9. The molecule has 0 bridgehead atoms. The van der Waals surface area contributed by atoms with E-state index < -0.39 is 12.0 Å². The lowest BCUT2D eigenvalue weighted by Gasteiger charge is -2.10. The van der Waals surface area contributed by atoms with Crippen molar-refractivity contribution in [3.05, 3.63) is 28.2 Å². The highest BCUT2D eigenvalue weighted by atomic mass is 79.9. The number of hydrogen-bond donors (Lipinski definition) is 2. The Hall–Kier alpha value is -1.40. The van der Waals surface area contributed by atoms with Crippen LogP contribution >= 0.6 is 15.9 Å². The zero-order valence-electron chi connectivity index (χ0n) is 10.2. The largest absolute Gasteiger partial charge is 0.462 e. The van der Waals surface area contributed by atoms with E-state index in [9.17, 15) is 9.59 Å². The van der Waals surface area contributed by atoms with Crippen LogP contribution in [0.4, 0.5) is 5.69 Å². The first-order valence-corrected chi connectivity index (χ1v) is 6.28. The highest BCUT2D eigenvalue weighted by Gasteiger charge is 2.12. The van der Waals surface area contributed by atoms with Crippen LogP contribution in [0.3, 0.4) is 0 Å². The number of ether oxygens (including phenoxy) is 1. The Bertz CT molecular complexity index is 461. The summed E-state index contributed by atoms with van der Waals surface area (Å²) in [6.45, 7) is 3.65. The van der Waals surface area contributed by atoms with Gasteiger partial charge in [0, 0.05) is 4.47 Å². The lowest BCUT2D eigenvalue weighted by Crippen LogP contribution is -2.32. The third-order valence-corrected chi connectivity index (χ3v) is 2.81. The molecule has 18 heavy (non-hydrogen) atoms. The monoisotopic (exact) mass is 314 g/mol. The number of nitrogens with one attached hydrogen (secondary N) is 1. The van der Waals surface area contributed by atoms with Crippen molar-refractivity contribution in [1.29, 1.82) is 0 Å². The second kappa shape index (κ2) is 6.51. The summed E-state index contributed by atoms with van der Waals surface area (Å²) >= 11 is 3.28. The van der Waals surface area contributed by atoms with Crippen LogP contribution in [-0.2, 0) is 9.53 Å². The van der Waals surface area contributed by atoms with Gasteiger partial charge < -0.3 is 15.8 Å². The molecule has 0 aromatic heterocycles. The van der Waals surface area contributed by atoms with E-state index in [0.29, 0.717) is 22.3 Å². The van der Waals surface area contributed by atoms with Crippen LogP contribution < -0.4 is 11.1 Å². The lowest BCUT2D eigenvalue weighted by atomic mass is 10.2. The fourth-order valence-electron chi connectivity index (χ4n) is 1.20. The average molecular weight is 315 g/mol. The Morgan fingerprint density at radius 2 is 2.17 bits per heavy atom. The molecule has 1 aromatic rings. The van der Waals surface area contributed by atoms with Gasteiger partial charge in [0.2, 0.25) is 5.91 Å². The van der Waals surface area contributed by atoms with Crippen LogP contribution in [0.25, 0.3) is 0 Å². The van der Waals surface area contributed by atoms with Gasteiger partial charge in [-0.25, -0.2) is 4.79 Å². The van der Waals surface area contributed by atoms with Gasteiger partial charge in [0.1, 0.15) is 0 Å². The Labute approximate surface area is 114 Å². The molecule has 3 N–H and O–H groups in total. The molecule has 0 aliphatic rings. The topological polar surface area (TPSA) is 81.4 Å². The molecule has 0 saturated heterocycles. The molecular formula is C12H15BrN2O3. The first kappa shape index (κ1) is 14.7. The third kappa shape index (κ3) is 3.82. The highest BCUT2D eigenvalue weighted by Crippen LogP contribution is 2.24. The summed E-state index contributed by atoms with van der Waals surface area (Å²) in [5, 5.41) is 2.64. The van der Waals surface area contributed by atoms with Crippen LogP contribution in [0.1, 0.15) is 24.2 Å². The molecule has 6 heteroatoms. The van der Waals surface area contributed by atoms with Crippen LogP contribution in [0.2, 0.25) is 0 Å². The number of hydrogen-bond acceptors (Lipinski definition) is 4. The van der Waals surface area contributed by atoms with Crippen LogP contribution in [0, 0.1) is 0 Å². The smallest absolute Gasteiger partial charge is 0.338 e. The number of esters is 1. The molecule has 0 aliphatic heterocycles. The van der Waals surface area contributed by atoms with Crippen LogP contribution in [0.5, 0.6) is 0 Å². The van der Waals surface area contributed by atoms with E-state index in [4.69, 9.17) is 10.5 Å². The van der Waals surface area contributed by atoms with Gasteiger partial charge in [0.05, 0.1) is 23.9 Å². The number of amides is 1. The molecule has 1 amide bonds. The predicted molar refractivity (Wildman–Crippen MR) is 72.4 cm³/mol. The summed E-state index contributed by atoms with van der Waals surface area (Å²) in [6, 6.07) is 4.20. The Kier molecular flexibility index (Phi) is 5.30. The zero-order chi connectivity index (χ0) is 13.7. The predicted octanol–water partition coefficient (Wildman–Crippen LogP) is 1.91. The van der Waals surface area contributed by atoms with Crippen molar-refractivity contribution >= 4 is 33.5 Å². The average Bonchev–Trinajstić information content (AvgIpc) is 2.31. The minimum atomic E-state index is -0.596. The van der Waals surface area contributed by atoms with E-state index in [0.717, 1.165) is 0 Å². The van der Waals surface area contributed by atoms with E-state index >= 15 is 0 Å². The molecule has 0 aliphatic carbocycles. The van der Waals surface area contributed by atoms with E-state index in [1.807, 2.05) is 0 Å². The van der Waals surface area contributed by atoms with Crippen molar-refractivity contribution in [3.8, 4) is 0 Å². The number of halogens is 1. The number of nitrogens with two attached hydrogens (primary N) is 1. The van der Waals surface area contributed by atoms with Crippen molar-refractivity contribution in [2.24, 2.45) is 5.73 Å². The van der Waals surface area contributed by atoms with Gasteiger partial charge in [-0.3, -0.25) is 4.79 Å². The Balaban J connectivity index is 2.86. The normalized spacial score (nSPS) is 11.8. The van der Waals surface area contributed by atoms with Gasteiger partial charge in [-0.1, -0.05) is 0 Å². The molecule has 5 nitrogen and oxygen atoms in total. The van der Waals surface area contributed by atoms with E-state index in [1.54, 1.807) is 32.0 Å². The van der Waals surface area contributed by atoms with Crippen molar-refractivity contribution in [2.75, 3.05) is 11.9 Å². The number of carbonyl (C=O) groups excluding carboxylic acids is 2. The van der Waals surface area contributed by atoms with Gasteiger partial charge in [0.25, 0.3) is 0 Å². The molecule has 0 spiro atoms. The fraction of sp³-hybridized carbons (Fsp3) is 0.333. The minimum Gasteiger partial charge on any atom is -0.462 e. The minimum absolute atomic E-state index is 0.292. The summed E-state index contributed by atoms with van der Waals surface area (Å²) in [6.07, 6.45) is 0. The maximum Gasteiger partial charge on any atom is 0.338 e. The van der Waals surface area contributed by atoms with Gasteiger partial charge in [0.15, 0.2) is 0 Å². The highest BCUT2D eigenvalue weighted by molar-refractivity contribution is 9.10. The van der Waals surface area contributed by atoms with Crippen LogP contribution in [0.15, 0.2) is 22.7 Å². The lowest BCUT2D eigenvalue weighted by molar-refractivity contribution is -0.117. The van der Waals surface area contributed by atoms with E-state index in [1.165, 1.54) is 0 Å². The maximum atomic E-state index is 11.5. The Morgan fingerprint density at radius 3 is 2.67 bits per heavy atom. The summed E-state index contributed by atoms with van der Waals surface area (Å²) in [7, 11) is 0. The Morgan fingerprint density at radius 1 is 1.50 bits per heavy atom. The summed E-state index contributed by atoms with van der Waals surface area (Å²) in [5.74, 6) is -0.692. The van der Waals surface area contributed by atoms with Crippen molar-refractivity contribution in [2.45, 2.75) is 19.9 Å². The summed E-state index contributed by atoms with van der Waals surface area (Å²) in [5.41, 5.74) is 6.43. The molecule has 1 unspecified atom stereocenters. The maximum absolute atomic E-state index is 11.5. The SMILES string of the molecule is CCOC(=O)c1ccc(NC(=O)C(C)N)c(Br)c1. The number of carbonyl (C=O) groups is 2. The second-order valence-corrected chi connectivity index (χ2v) is 4.55. The standard InChI is InChI=1S/C12H15BrN2O3/c1-3-18-12(17)8-4-5-10(9(13)6-8)15-11(16)7(2)14/h4-7H,3,14H2,1-2H3,(H,15,16). The molecular weight excluding hydrogens is 300 g/mol. The molecule has 1 rings (SSSR count). The van der Waals surface area contributed by atoms with Gasteiger partial charge in [-0.05, 0) is 48.0 Å². The van der Waals surface area contributed by atoms with Gasteiger partial charge in [-0.2, -0.15) is 0 Å². The first-order valence-electron chi connectivity index (χ1n) is 5.48. The van der Waals surface area contributed by atoms with Gasteiger partial charge >= 0.3 is 5.97 Å². The zero-order valence-corrected chi connectivity index (χ0v) is 11.8. The van der Waals surface area contributed by atoms with Gasteiger partial charge in [-0.15, -0.1) is 0 Å². The molecule has 98 valence electrons. The quantitative estimate of drug-likeness (QED) is 0.832. The molecule has 1 atom stereocenters. The molecule has 0 heterocycles. The summed E-state index contributed by atoms with van der Waals surface area (Å²) < 4.78 is 5.47. The van der Waals surface area contributed by atoms with Crippen molar-refractivity contribution < 1.29 is 14.3 Å².